The Morgan fingerprint density at radius 2 is 1.96 bits per heavy atom. The SMILES string of the molecule is Cc1cccc(Cc2c(N)cnc3ccc(N4CCOCC4)cc23)c1. The van der Waals surface area contributed by atoms with Crippen LogP contribution in [0.5, 0.6) is 0 Å². The predicted molar refractivity (Wildman–Crippen MR) is 103 cm³/mol. The number of hydrogen-bond donors (Lipinski definition) is 1. The van der Waals surface area contributed by atoms with Gasteiger partial charge in [0.15, 0.2) is 0 Å². The highest BCUT2D eigenvalue weighted by Gasteiger charge is 2.14. The minimum atomic E-state index is 0.758. The number of pyridine rings is 1. The van der Waals surface area contributed by atoms with Gasteiger partial charge in [0.2, 0.25) is 0 Å². The van der Waals surface area contributed by atoms with Crippen molar-refractivity contribution in [2.45, 2.75) is 13.3 Å². The Balaban J connectivity index is 1.77. The summed E-state index contributed by atoms with van der Waals surface area (Å²) in [5.41, 5.74) is 13.0. The fraction of sp³-hybridized carbons (Fsp3) is 0.286. The highest BCUT2D eigenvalue weighted by atomic mass is 16.5. The van der Waals surface area contributed by atoms with Crippen LogP contribution in [-0.2, 0) is 11.2 Å². The number of nitrogen functional groups attached to an aromatic ring is 1. The van der Waals surface area contributed by atoms with Crippen LogP contribution >= 0.6 is 0 Å². The minimum absolute atomic E-state index is 0.758. The van der Waals surface area contributed by atoms with Crippen molar-refractivity contribution in [1.29, 1.82) is 0 Å². The van der Waals surface area contributed by atoms with Gasteiger partial charge in [-0.3, -0.25) is 4.98 Å². The van der Waals surface area contributed by atoms with E-state index in [1.165, 1.54) is 16.8 Å². The van der Waals surface area contributed by atoms with Gasteiger partial charge in [-0.25, -0.2) is 0 Å². The van der Waals surface area contributed by atoms with Crippen LogP contribution < -0.4 is 10.6 Å². The molecule has 0 amide bonds. The quantitative estimate of drug-likeness (QED) is 0.796. The average Bonchev–Trinajstić information content (AvgIpc) is 2.64. The number of ether oxygens (including phenoxy) is 1. The lowest BCUT2D eigenvalue weighted by Crippen LogP contribution is -2.36. The standard InChI is InChI=1S/C21H23N3O/c1-15-3-2-4-16(11-15)12-18-19-13-17(24-7-9-25-10-8-24)5-6-21(19)23-14-20(18)22/h2-6,11,13-14H,7-10,12,22H2,1H3. The van der Waals surface area contributed by atoms with Gasteiger partial charge in [-0.15, -0.1) is 0 Å². The van der Waals surface area contributed by atoms with Crippen LogP contribution in [0.25, 0.3) is 10.9 Å². The fourth-order valence-corrected chi connectivity index (χ4v) is 3.49. The van der Waals surface area contributed by atoms with E-state index in [0.717, 1.165) is 54.9 Å². The smallest absolute Gasteiger partial charge is 0.0708 e. The summed E-state index contributed by atoms with van der Waals surface area (Å²) in [6, 6.07) is 15.1. The molecule has 0 saturated carbocycles. The lowest BCUT2D eigenvalue weighted by atomic mass is 9.98. The molecule has 4 nitrogen and oxygen atoms in total. The van der Waals surface area contributed by atoms with Crippen molar-refractivity contribution in [1.82, 2.24) is 4.98 Å². The molecular weight excluding hydrogens is 310 g/mol. The third kappa shape index (κ3) is 3.30. The number of fused-ring (bicyclic) bond motifs is 1. The van der Waals surface area contributed by atoms with E-state index < -0.39 is 0 Å². The molecule has 0 aliphatic carbocycles. The van der Waals surface area contributed by atoms with Crippen LogP contribution in [0, 0.1) is 6.92 Å². The number of rotatable bonds is 3. The van der Waals surface area contributed by atoms with Crippen molar-refractivity contribution in [2.75, 3.05) is 36.9 Å². The number of nitrogens with two attached hydrogens (primary N) is 1. The molecule has 0 unspecified atom stereocenters. The summed E-state index contributed by atoms with van der Waals surface area (Å²) in [4.78, 5) is 6.88. The van der Waals surface area contributed by atoms with Gasteiger partial charge in [0.05, 0.1) is 30.6 Å². The normalized spacial score (nSPS) is 14.8. The van der Waals surface area contributed by atoms with Gasteiger partial charge in [-0.1, -0.05) is 29.8 Å². The summed E-state index contributed by atoms with van der Waals surface area (Å²) in [7, 11) is 0. The Labute approximate surface area is 148 Å². The zero-order valence-corrected chi connectivity index (χ0v) is 14.5. The monoisotopic (exact) mass is 333 g/mol. The maximum Gasteiger partial charge on any atom is 0.0708 e. The molecular formula is C21H23N3O. The van der Waals surface area contributed by atoms with Gasteiger partial charge in [0.25, 0.3) is 0 Å². The summed E-state index contributed by atoms with van der Waals surface area (Å²) in [6.07, 6.45) is 2.60. The molecule has 0 atom stereocenters. The molecule has 1 aliphatic rings. The topological polar surface area (TPSA) is 51.4 Å². The van der Waals surface area contributed by atoms with E-state index in [0.29, 0.717) is 0 Å². The van der Waals surface area contributed by atoms with Crippen molar-refractivity contribution in [3.8, 4) is 0 Å². The molecule has 1 saturated heterocycles. The molecule has 3 aromatic rings. The number of benzene rings is 2. The molecule has 1 aliphatic heterocycles. The Morgan fingerprint density at radius 3 is 2.76 bits per heavy atom. The van der Waals surface area contributed by atoms with Crippen LogP contribution in [0.4, 0.5) is 11.4 Å². The van der Waals surface area contributed by atoms with E-state index >= 15 is 0 Å². The first-order chi connectivity index (χ1) is 12.2. The molecule has 0 spiro atoms. The van der Waals surface area contributed by atoms with Crippen LogP contribution in [0.2, 0.25) is 0 Å². The van der Waals surface area contributed by atoms with Crippen LogP contribution in [0.3, 0.4) is 0 Å². The first-order valence-corrected chi connectivity index (χ1v) is 8.76. The van der Waals surface area contributed by atoms with E-state index in [9.17, 15) is 0 Å². The highest BCUT2D eigenvalue weighted by Crippen LogP contribution is 2.29. The third-order valence-corrected chi connectivity index (χ3v) is 4.84. The summed E-state index contributed by atoms with van der Waals surface area (Å²) >= 11 is 0. The molecule has 1 aromatic heterocycles. The van der Waals surface area contributed by atoms with E-state index in [1.807, 2.05) is 0 Å². The second-order valence-electron chi connectivity index (χ2n) is 6.66. The van der Waals surface area contributed by atoms with Gasteiger partial charge in [-0.05, 0) is 36.2 Å². The van der Waals surface area contributed by atoms with E-state index in [-0.39, 0.29) is 0 Å². The molecule has 4 rings (SSSR count). The van der Waals surface area contributed by atoms with Gasteiger partial charge in [0.1, 0.15) is 0 Å². The maximum atomic E-state index is 6.30. The Bertz CT molecular complexity index is 901. The molecule has 0 bridgehead atoms. The molecule has 1 fully saturated rings. The molecule has 128 valence electrons. The highest BCUT2D eigenvalue weighted by molar-refractivity contribution is 5.89. The number of nitrogens with zero attached hydrogens (tertiary/aromatic N) is 2. The second kappa shape index (κ2) is 6.73. The number of anilines is 2. The molecule has 2 N–H and O–H groups in total. The lowest BCUT2D eigenvalue weighted by molar-refractivity contribution is 0.122. The van der Waals surface area contributed by atoms with Gasteiger partial charge >= 0.3 is 0 Å². The van der Waals surface area contributed by atoms with Crippen LogP contribution in [-0.4, -0.2) is 31.3 Å². The molecule has 2 heterocycles. The zero-order valence-electron chi connectivity index (χ0n) is 14.5. The fourth-order valence-electron chi connectivity index (χ4n) is 3.49. The van der Waals surface area contributed by atoms with E-state index in [1.54, 1.807) is 6.20 Å². The number of morpholine rings is 1. The lowest BCUT2D eigenvalue weighted by Gasteiger charge is -2.29. The van der Waals surface area contributed by atoms with Gasteiger partial charge in [0, 0.05) is 30.6 Å². The molecule has 4 heteroatoms. The van der Waals surface area contributed by atoms with Crippen molar-refractivity contribution >= 4 is 22.3 Å². The van der Waals surface area contributed by atoms with Gasteiger partial charge < -0.3 is 15.4 Å². The van der Waals surface area contributed by atoms with E-state index in [2.05, 4.69) is 59.3 Å². The van der Waals surface area contributed by atoms with Crippen molar-refractivity contribution in [3.63, 3.8) is 0 Å². The Hall–Kier alpha value is -2.59. The first kappa shape index (κ1) is 15.9. The van der Waals surface area contributed by atoms with Crippen LogP contribution in [0.1, 0.15) is 16.7 Å². The van der Waals surface area contributed by atoms with Crippen molar-refractivity contribution in [2.24, 2.45) is 0 Å². The summed E-state index contributed by atoms with van der Waals surface area (Å²) < 4.78 is 5.47. The second-order valence-corrected chi connectivity index (χ2v) is 6.66. The molecule has 0 radical (unpaired) electrons. The maximum absolute atomic E-state index is 6.30. The van der Waals surface area contributed by atoms with Gasteiger partial charge in [-0.2, -0.15) is 0 Å². The summed E-state index contributed by atoms with van der Waals surface area (Å²) in [5, 5.41) is 1.14. The minimum Gasteiger partial charge on any atom is -0.397 e. The molecule has 25 heavy (non-hydrogen) atoms. The van der Waals surface area contributed by atoms with Crippen molar-refractivity contribution < 1.29 is 4.74 Å². The Morgan fingerprint density at radius 1 is 1.12 bits per heavy atom. The third-order valence-electron chi connectivity index (χ3n) is 4.84. The van der Waals surface area contributed by atoms with E-state index in [4.69, 9.17) is 10.5 Å². The number of hydrogen-bond acceptors (Lipinski definition) is 4. The number of aryl methyl sites for hydroxylation is 1. The summed E-state index contributed by atoms with van der Waals surface area (Å²) in [6.45, 7) is 5.53. The Kier molecular flexibility index (Phi) is 4.28. The number of aromatic nitrogens is 1. The summed E-state index contributed by atoms with van der Waals surface area (Å²) in [5.74, 6) is 0. The zero-order chi connectivity index (χ0) is 17.2. The first-order valence-electron chi connectivity index (χ1n) is 8.76. The van der Waals surface area contributed by atoms with Crippen LogP contribution in [0.15, 0.2) is 48.7 Å². The predicted octanol–water partition coefficient (Wildman–Crippen LogP) is 3.55. The largest absolute Gasteiger partial charge is 0.397 e. The molecule has 2 aromatic carbocycles. The van der Waals surface area contributed by atoms with Crippen molar-refractivity contribution in [3.05, 3.63) is 65.4 Å². The average molecular weight is 333 g/mol.